The quantitative estimate of drug-likeness (QED) is 0.0287. The number of aliphatic hydroxyl groups excluding tert-OH is 2. The van der Waals surface area contributed by atoms with Crippen molar-refractivity contribution in [3.8, 4) is 0 Å². The molecule has 2 aromatic rings. The molecule has 0 amide bonds. The van der Waals surface area contributed by atoms with Crippen LogP contribution in [0.4, 0.5) is 5.82 Å². The van der Waals surface area contributed by atoms with E-state index in [1.54, 1.807) is 0 Å². The molecule has 28 heteroatoms. The number of ether oxygens (including phenoxy) is 7. The number of carbonyl (C=O) groups excluding carboxylic acids is 5. The number of hydrogen-bond acceptors (Lipinski definition) is 24. The lowest BCUT2D eigenvalue weighted by Crippen LogP contribution is -2.65. The zero-order valence-electron chi connectivity index (χ0n) is 40.5. The minimum Gasteiger partial charge on any atom is -0.462 e. The van der Waals surface area contributed by atoms with Crippen LogP contribution in [0.3, 0.4) is 0 Å². The third kappa shape index (κ3) is 19.5. The predicted octanol–water partition coefficient (Wildman–Crippen LogP) is 4.99. The maximum Gasteiger partial charge on any atom is 0.481 e. The first-order chi connectivity index (χ1) is 33.6. The van der Waals surface area contributed by atoms with Crippen LogP contribution in [0.25, 0.3) is 11.1 Å². The third-order valence-corrected chi connectivity index (χ3v) is 14.8. The van der Waals surface area contributed by atoms with Gasteiger partial charge in [-0.3, -0.25) is 28.5 Å². The standard InChI is InChI=1S/C43H68N4O21P2S/c1-6-7-8-9-10-11-12-13-14-15-16-17-18-19-20-21-31(52)58-22-30(60-25(2)48)36-39(61-26(3)49)40(62-27(4)50)41(63-28(5)51)43(65-36)67-69(55,56)68-70(57,71)59-23-29-34(53)35(54)37(64-29)33-32-38(66-47-33)42(44)46-24-45-32/h24,29-30,34-37,39-41,43,53-54H,6-23H2,1-5H3,(H,55,56)(H,57,71)(H2,44,45,46)/t29-,30-,34-,35-,36-,37+,39-,40+,41+,43+,70?/m1/s1. The SMILES string of the molecule is CCCCCCCCCCCCCCCCCC(=O)OC[C@@H](OC(C)=O)[C@H]1O[C@@H](OP(=O)(O)OP(O)(=S)OC[C@H]2O[C@@H](c3noc4c(N)ncnc34)[C@H](O)[C@@H]2O)[C@@H](OC(C)=O)[C@@H](OC(C)=O)[C@@H]1OC(C)=O. The number of aromatic nitrogens is 3. The van der Waals surface area contributed by atoms with Gasteiger partial charge in [0.1, 0.15) is 54.7 Å². The highest BCUT2D eigenvalue weighted by atomic mass is 32.5. The van der Waals surface area contributed by atoms with Gasteiger partial charge >= 0.3 is 44.4 Å². The molecule has 0 aliphatic carbocycles. The summed E-state index contributed by atoms with van der Waals surface area (Å²) in [4.78, 5) is 92.5. The number of nitrogens with two attached hydrogens (primary N) is 1. The van der Waals surface area contributed by atoms with E-state index in [4.69, 9.17) is 68.6 Å². The molecule has 2 aliphatic rings. The Hall–Kier alpha value is -3.78. The van der Waals surface area contributed by atoms with Crippen molar-refractivity contribution in [2.24, 2.45) is 0 Å². The Morgan fingerprint density at radius 2 is 1.31 bits per heavy atom. The summed E-state index contributed by atoms with van der Waals surface area (Å²) in [7, 11) is -5.78. The van der Waals surface area contributed by atoms with Crippen LogP contribution in [0.15, 0.2) is 10.9 Å². The number of fused-ring (bicyclic) bond motifs is 1. The Balaban J connectivity index is 1.40. The normalized spacial score (nSPS) is 25.4. The lowest BCUT2D eigenvalue weighted by molar-refractivity contribution is -0.301. The Labute approximate surface area is 416 Å². The minimum atomic E-state index is -5.78. The molecule has 4 heterocycles. The maximum absolute atomic E-state index is 13.6. The lowest BCUT2D eigenvalue weighted by atomic mass is 9.94. The van der Waals surface area contributed by atoms with Crippen molar-refractivity contribution in [2.75, 3.05) is 18.9 Å². The van der Waals surface area contributed by atoms with Crippen molar-refractivity contribution in [1.82, 2.24) is 15.1 Å². The van der Waals surface area contributed by atoms with E-state index < -0.39 is 119 Å². The fourth-order valence-electron chi connectivity index (χ4n) is 8.05. The topological polar surface area (TPSA) is 353 Å². The number of rotatable bonds is 31. The van der Waals surface area contributed by atoms with Gasteiger partial charge in [0.05, 0.1) is 6.61 Å². The summed E-state index contributed by atoms with van der Waals surface area (Å²) in [5.41, 5.74) is 5.75. The van der Waals surface area contributed by atoms with Crippen LogP contribution in [0.5, 0.6) is 0 Å². The number of carbonyl (C=O) groups is 5. The number of aliphatic hydroxyl groups is 2. The second-order valence-corrected chi connectivity index (χ2v) is 21.6. The van der Waals surface area contributed by atoms with E-state index in [0.29, 0.717) is 6.42 Å². The molecule has 2 aliphatic heterocycles. The van der Waals surface area contributed by atoms with Crippen molar-refractivity contribution in [2.45, 2.75) is 199 Å². The zero-order chi connectivity index (χ0) is 52.3. The molecule has 2 fully saturated rings. The summed E-state index contributed by atoms with van der Waals surface area (Å²) in [6.07, 6.45) is -0.00383. The smallest absolute Gasteiger partial charge is 0.462 e. The van der Waals surface area contributed by atoms with Crippen molar-refractivity contribution in [1.29, 1.82) is 0 Å². The van der Waals surface area contributed by atoms with Crippen LogP contribution in [0, 0.1) is 0 Å². The molecule has 2 aromatic heterocycles. The highest BCUT2D eigenvalue weighted by Gasteiger charge is 2.57. The van der Waals surface area contributed by atoms with Crippen molar-refractivity contribution < 1.29 is 99.6 Å². The first-order valence-electron chi connectivity index (χ1n) is 23.7. The Kier molecular flexibility index (Phi) is 24.6. The Bertz CT molecular complexity index is 2150. The fourth-order valence-corrected chi connectivity index (χ4v) is 11.1. The highest BCUT2D eigenvalue weighted by molar-refractivity contribution is 8.08. The summed E-state index contributed by atoms with van der Waals surface area (Å²) in [6, 6.07) is 0. The van der Waals surface area contributed by atoms with E-state index in [1.807, 2.05) is 0 Å². The summed E-state index contributed by atoms with van der Waals surface area (Å²) in [6.45, 7) is -0.517. The first kappa shape index (κ1) is 59.8. The minimum absolute atomic E-state index is 0.00277. The number of nitrogen functional groups attached to an aromatic ring is 1. The molecule has 2 saturated heterocycles. The second-order valence-electron chi connectivity index (χ2n) is 17.2. The van der Waals surface area contributed by atoms with Gasteiger partial charge in [0.25, 0.3) is 0 Å². The molecule has 12 atom stereocenters. The van der Waals surface area contributed by atoms with Gasteiger partial charge in [-0.2, -0.15) is 0 Å². The second kappa shape index (κ2) is 29.2. The molecule has 71 heavy (non-hydrogen) atoms. The lowest BCUT2D eigenvalue weighted by Gasteiger charge is -2.45. The molecule has 0 radical (unpaired) electrons. The Morgan fingerprint density at radius 3 is 1.87 bits per heavy atom. The predicted molar refractivity (Wildman–Crippen MR) is 249 cm³/mol. The van der Waals surface area contributed by atoms with Gasteiger partial charge in [-0.25, -0.2) is 18.8 Å². The largest absolute Gasteiger partial charge is 0.481 e. The summed E-state index contributed by atoms with van der Waals surface area (Å²) in [5, 5.41) is 25.3. The fraction of sp³-hybridized carbons (Fsp3) is 0.767. The average molecular weight is 1070 g/mol. The molecule has 0 spiro atoms. The zero-order valence-corrected chi connectivity index (χ0v) is 43.1. The molecule has 4 rings (SSSR count). The molecule has 6 N–H and O–H groups in total. The van der Waals surface area contributed by atoms with E-state index in [0.717, 1.165) is 66.1 Å². The summed E-state index contributed by atoms with van der Waals surface area (Å²) >= 11 is 4.95. The van der Waals surface area contributed by atoms with Crippen molar-refractivity contribution in [3.63, 3.8) is 0 Å². The molecular formula is C43H68N4O21P2S. The summed E-state index contributed by atoms with van der Waals surface area (Å²) in [5.74, 6) is -4.87. The molecule has 402 valence electrons. The van der Waals surface area contributed by atoms with E-state index in [9.17, 15) is 48.5 Å². The number of phosphoric acid groups is 1. The molecule has 2 unspecified atom stereocenters. The first-order valence-corrected chi connectivity index (χ1v) is 27.8. The van der Waals surface area contributed by atoms with Gasteiger partial charge in [0.15, 0.2) is 30.2 Å². The molecule has 0 saturated carbocycles. The Morgan fingerprint density at radius 1 is 0.761 bits per heavy atom. The van der Waals surface area contributed by atoms with Gasteiger partial charge in [-0.15, -0.1) is 0 Å². The molecular weight excluding hydrogens is 1000 g/mol. The van der Waals surface area contributed by atoms with Crippen molar-refractivity contribution >= 4 is 73.1 Å². The van der Waals surface area contributed by atoms with Gasteiger partial charge in [-0.1, -0.05) is 102 Å². The number of hydrogen-bond donors (Lipinski definition) is 5. The van der Waals surface area contributed by atoms with Gasteiger partial charge in [-0.05, 0) is 18.2 Å². The highest BCUT2D eigenvalue weighted by Crippen LogP contribution is 2.62. The van der Waals surface area contributed by atoms with Crippen LogP contribution in [-0.2, 0) is 86.9 Å². The van der Waals surface area contributed by atoms with Gasteiger partial charge < -0.3 is 67.9 Å². The van der Waals surface area contributed by atoms with E-state index in [-0.39, 0.29) is 29.0 Å². The van der Waals surface area contributed by atoms with Crippen LogP contribution in [-0.4, -0.2) is 133 Å². The van der Waals surface area contributed by atoms with Crippen LogP contribution in [0.2, 0.25) is 0 Å². The monoisotopic (exact) mass is 1070 g/mol. The van der Waals surface area contributed by atoms with E-state index in [2.05, 4.69) is 22.0 Å². The summed E-state index contributed by atoms with van der Waals surface area (Å²) < 4.78 is 72.7. The number of nitrogens with zero attached hydrogens (tertiary/aromatic N) is 3. The third-order valence-electron chi connectivity index (χ3n) is 11.3. The van der Waals surface area contributed by atoms with Gasteiger partial charge in [0.2, 0.25) is 11.9 Å². The van der Waals surface area contributed by atoms with E-state index in [1.165, 1.54) is 57.8 Å². The number of anilines is 1. The van der Waals surface area contributed by atoms with Gasteiger partial charge in [0, 0.05) is 34.1 Å². The van der Waals surface area contributed by atoms with Crippen LogP contribution >= 0.6 is 14.5 Å². The number of esters is 5. The van der Waals surface area contributed by atoms with Crippen LogP contribution < -0.4 is 5.73 Å². The van der Waals surface area contributed by atoms with Crippen molar-refractivity contribution in [3.05, 3.63) is 12.0 Å². The van der Waals surface area contributed by atoms with Crippen LogP contribution in [0.1, 0.15) is 149 Å². The maximum atomic E-state index is 13.6. The molecule has 25 nitrogen and oxygen atoms in total. The number of unbranched alkanes of at least 4 members (excludes halogenated alkanes) is 14. The number of phosphoric ester groups is 1. The molecule has 0 aromatic carbocycles. The van der Waals surface area contributed by atoms with E-state index >= 15 is 0 Å². The molecule has 0 bridgehead atoms. The average Bonchev–Trinajstić information content (AvgIpc) is 3.83.